The Hall–Kier alpha value is -4.46. The van der Waals surface area contributed by atoms with E-state index in [0.717, 1.165) is 0 Å². The molecule has 3 aromatic rings. The van der Waals surface area contributed by atoms with E-state index in [-0.39, 0.29) is 18.2 Å². The SMILES string of the molecule is C=Cc1c(NC(=O)CNC(=O)OC(C)(C)C)cccc1-c1nn2c(=O)cc(N3CCN(C(=O)OC(C)(C)C)CC3)nc2s1. The van der Waals surface area contributed by atoms with E-state index in [1.54, 1.807) is 43.9 Å². The topological polar surface area (TPSA) is 147 Å². The number of amides is 3. The van der Waals surface area contributed by atoms with Gasteiger partial charge in [-0.2, -0.15) is 9.61 Å². The van der Waals surface area contributed by atoms with E-state index in [1.165, 1.54) is 21.9 Å². The molecule has 230 valence electrons. The number of fused-ring (bicyclic) bond motifs is 1. The van der Waals surface area contributed by atoms with Crippen LogP contribution in [0.3, 0.4) is 0 Å². The Balaban J connectivity index is 1.50. The first-order chi connectivity index (χ1) is 20.1. The van der Waals surface area contributed by atoms with Crippen LogP contribution < -0.4 is 21.1 Å². The largest absolute Gasteiger partial charge is 0.444 e. The van der Waals surface area contributed by atoms with Crippen molar-refractivity contribution < 1.29 is 23.9 Å². The van der Waals surface area contributed by atoms with E-state index >= 15 is 0 Å². The summed E-state index contributed by atoms with van der Waals surface area (Å²) in [6.45, 7) is 16.2. The van der Waals surface area contributed by atoms with Crippen LogP contribution in [0.5, 0.6) is 0 Å². The highest BCUT2D eigenvalue weighted by Crippen LogP contribution is 2.33. The number of carbonyl (C=O) groups is 3. The molecular formula is C29H37N7O6S. The van der Waals surface area contributed by atoms with E-state index in [1.807, 2.05) is 31.7 Å². The zero-order valence-electron chi connectivity index (χ0n) is 25.2. The number of nitrogens with one attached hydrogen (secondary N) is 2. The average molecular weight is 612 g/mol. The maximum atomic E-state index is 13.0. The molecule has 43 heavy (non-hydrogen) atoms. The Bertz CT molecular complexity index is 1590. The number of carbonyl (C=O) groups excluding carboxylic acids is 3. The van der Waals surface area contributed by atoms with E-state index in [9.17, 15) is 19.2 Å². The number of hydrogen-bond acceptors (Lipinski definition) is 10. The van der Waals surface area contributed by atoms with Gasteiger partial charge in [-0.25, -0.2) is 14.6 Å². The van der Waals surface area contributed by atoms with Gasteiger partial charge in [-0.1, -0.05) is 36.1 Å². The molecule has 0 spiro atoms. The zero-order chi connectivity index (χ0) is 31.5. The summed E-state index contributed by atoms with van der Waals surface area (Å²) in [5.41, 5.74) is 0.112. The van der Waals surface area contributed by atoms with Gasteiger partial charge in [-0.05, 0) is 47.6 Å². The Morgan fingerprint density at radius 3 is 2.35 bits per heavy atom. The van der Waals surface area contributed by atoms with Crippen LogP contribution in [0.15, 0.2) is 35.6 Å². The first-order valence-electron chi connectivity index (χ1n) is 13.8. The fraction of sp³-hybridized carbons (Fsp3) is 0.448. The van der Waals surface area contributed by atoms with Gasteiger partial charge in [0.05, 0.1) is 0 Å². The minimum atomic E-state index is -0.697. The second-order valence-corrected chi connectivity index (χ2v) is 12.8. The molecule has 1 saturated heterocycles. The minimum absolute atomic E-state index is 0.287. The summed E-state index contributed by atoms with van der Waals surface area (Å²) in [6, 6.07) is 6.70. The van der Waals surface area contributed by atoms with Crippen LogP contribution in [-0.4, -0.2) is 81.5 Å². The molecule has 1 fully saturated rings. The molecule has 0 aliphatic carbocycles. The van der Waals surface area contributed by atoms with E-state index in [0.29, 0.717) is 58.8 Å². The van der Waals surface area contributed by atoms with Gasteiger partial charge in [0.2, 0.25) is 10.9 Å². The summed E-state index contributed by atoms with van der Waals surface area (Å²) < 4.78 is 11.9. The number of rotatable bonds is 6. The molecule has 0 saturated carbocycles. The number of aromatic nitrogens is 3. The molecule has 3 heterocycles. The van der Waals surface area contributed by atoms with Crippen molar-refractivity contribution in [1.29, 1.82) is 0 Å². The van der Waals surface area contributed by atoms with Gasteiger partial charge in [-0.3, -0.25) is 9.59 Å². The number of anilines is 2. The van der Waals surface area contributed by atoms with Crippen molar-refractivity contribution in [3.05, 3.63) is 46.8 Å². The van der Waals surface area contributed by atoms with Crippen molar-refractivity contribution >= 4 is 52.0 Å². The number of benzene rings is 1. The lowest BCUT2D eigenvalue weighted by atomic mass is 10.1. The molecule has 2 N–H and O–H groups in total. The Kier molecular flexibility index (Phi) is 9.09. The second-order valence-electron chi connectivity index (χ2n) is 11.9. The van der Waals surface area contributed by atoms with Gasteiger partial charge in [-0.15, -0.1) is 0 Å². The van der Waals surface area contributed by atoms with Crippen molar-refractivity contribution in [2.75, 3.05) is 42.9 Å². The summed E-state index contributed by atoms with van der Waals surface area (Å²) in [7, 11) is 0. The Morgan fingerprint density at radius 1 is 1.05 bits per heavy atom. The fourth-order valence-electron chi connectivity index (χ4n) is 4.26. The first kappa shape index (κ1) is 31.5. The van der Waals surface area contributed by atoms with Crippen LogP contribution in [0, 0.1) is 0 Å². The molecule has 1 aliphatic heterocycles. The van der Waals surface area contributed by atoms with E-state index in [4.69, 9.17) is 14.5 Å². The fourth-order valence-corrected chi connectivity index (χ4v) is 5.20. The van der Waals surface area contributed by atoms with E-state index in [2.05, 4.69) is 22.3 Å². The lowest BCUT2D eigenvalue weighted by Gasteiger charge is -2.36. The van der Waals surface area contributed by atoms with Crippen molar-refractivity contribution in [1.82, 2.24) is 24.8 Å². The average Bonchev–Trinajstić information content (AvgIpc) is 3.35. The molecule has 0 unspecified atom stereocenters. The molecule has 0 bridgehead atoms. The van der Waals surface area contributed by atoms with Crippen LogP contribution >= 0.6 is 11.3 Å². The van der Waals surface area contributed by atoms with Crippen LogP contribution in [-0.2, 0) is 14.3 Å². The third kappa shape index (κ3) is 8.09. The predicted molar refractivity (Wildman–Crippen MR) is 166 cm³/mol. The van der Waals surface area contributed by atoms with Gasteiger partial charge >= 0.3 is 12.2 Å². The third-order valence-electron chi connectivity index (χ3n) is 6.09. The molecule has 3 amide bonds. The number of alkyl carbamates (subject to hydrolysis) is 1. The van der Waals surface area contributed by atoms with Gasteiger partial charge < -0.3 is 29.9 Å². The van der Waals surface area contributed by atoms with Crippen molar-refractivity contribution in [2.45, 2.75) is 52.7 Å². The van der Waals surface area contributed by atoms with Crippen LogP contribution in [0.1, 0.15) is 47.1 Å². The van der Waals surface area contributed by atoms with Gasteiger partial charge in [0.1, 0.15) is 28.6 Å². The van der Waals surface area contributed by atoms with Crippen LogP contribution in [0.25, 0.3) is 21.6 Å². The molecule has 2 aromatic heterocycles. The first-order valence-corrected chi connectivity index (χ1v) is 14.6. The van der Waals surface area contributed by atoms with Gasteiger partial charge in [0.15, 0.2) is 0 Å². The molecule has 14 heteroatoms. The summed E-state index contributed by atoms with van der Waals surface area (Å²) in [5, 5.41) is 10.2. The predicted octanol–water partition coefficient (Wildman–Crippen LogP) is 3.98. The smallest absolute Gasteiger partial charge is 0.410 e. The highest BCUT2D eigenvalue weighted by Gasteiger charge is 2.27. The number of hydrogen-bond donors (Lipinski definition) is 2. The summed E-state index contributed by atoms with van der Waals surface area (Å²) in [4.78, 5) is 58.6. The molecule has 0 atom stereocenters. The lowest BCUT2D eigenvalue weighted by molar-refractivity contribution is -0.115. The monoisotopic (exact) mass is 611 g/mol. The maximum Gasteiger partial charge on any atom is 0.410 e. The number of ether oxygens (including phenoxy) is 2. The van der Waals surface area contributed by atoms with Crippen LogP contribution in [0.2, 0.25) is 0 Å². The number of nitrogens with zero attached hydrogens (tertiary/aromatic N) is 5. The standard InChI is InChI=1S/C29H37N7O6S/c1-8-18-19(10-9-11-20(18)31-22(37)17-30-26(39)41-28(2,3)4)24-33-36-23(38)16-21(32-25(36)43-24)34-12-14-35(15-13-34)27(40)42-29(5,6)7/h8-11,16H,1,12-15,17H2,2-7H3,(H,30,39)(H,31,37). The van der Waals surface area contributed by atoms with Crippen LogP contribution in [0.4, 0.5) is 21.1 Å². The maximum absolute atomic E-state index is 13.0. The van der Waals surface area contributed by atoms with Crippen molar-refractivity contribution in [3.8, 4) is 10.6 Å². The zero-order valence-corrected chi connectivity index (χ0v) is 26.0. The molecule has 1 aliphatic rings. The normalized spacial score (nSPS) is 13.9. The van der Waals surface area contributed by atoms with Gasteiger partial charge in [0.25, 0.3) is 5.56 Å². The van der Waals surface area contributed by atoms with Crippen molar-refractivity contribution in [2.24, 2.45) is 0 Å². The molecular weight excluding hydrogens is 574 g/mol. The molecule has 0 radical (unpaired) electrons. The quantitative estimate of drug-likeness (QED) is 0.422. The lowest BCUT2D eigenvalue weighted by Crippen LogP contribution is -2.50. The second kappa shape index (κ2) is 12.4. The minimum Gasteiger partial charge on any atom is -0.444 e. The Morgan fingerprint density at radius 2 is 1.72 bits per heavy atom. The highest BCUT2D eigenvalue weighted by molar-refractivity contribution is 7.19. The summed E-state index contributed by atoms with van der Waals surface area (Å²) in [6.07, 6.45) is 0.528. The molecule has 4 rings (SSSR count). The highest BCUT2D eigenvalue weighted by atomic mass is 32.1. The van der Waals surface area contributed by atoms with Gasteiger partial charge in [0, 0.05) is 49.1 Å². The van der Waals surface area contributed by atoms with E-state index < -0.39 is 23.2 Å². The summed E-state index contributed by atoms with van der Waals surface area (Å²) >= 11 is 1.23. The van der Waals surface area contributed by atoms with Crippen molar-refractivity contribution in [3.63, 3.8) is 0 Å². The Labute approximate surface area is 253 Å². The molecule has 1 aromatic carbocycles. The molecule has 13 nitrogen and oxygen atoms in total. The summed E-state index contributed by atoms with van der Waals surface area (Å²) in [5.74, 6) is 0.0520. The number of piperazine rings is 1. The third-order valence-corrected chi connectivity index (χ3v) is 7.04.